The van der Waals surface area contributed by atoms with Gasteiger partial charge < -0.3 is 5.32 Å². The molecule has 110 valence electrons. The summed E-state index contributed by atoms with van der Waals surface area (Å²) >= 11 is 7.08. The Morgan fingerprint density at radius 1 is 1.35 bits per heavy atom. The zero-order valence-electron chi connectivity index (χ0n) is 12.4. The van der Waals surface area contributed by atoms with E-state index >= 15 is 0 Å². The van der Waals surface area contributed by atoms with E-state index in [9.17, 15) is 0 Å². The van der Waals surface area contributed by atoms with Crippen molar-refractivity contribution in [2.75, 3.05) is 6.54 Å². The van der Waals surface area contributed by atoms with Crippen LogP contribution in [0.1, 0.15) is 44.7 Å². The standard InChI is InChI=1S/C15H21BrN2S2/c1-5-6-17-8-12-13(15(2,3)4)18-14(20-12)11-7-10(16)9-19-11/h7,9,17H,5-6,8H2,1-4H3. The molecule has 0 aromatic carbocycles. The summed E-state index contributed by atoms with van der Waals surface area (Å²) in [5, 5.41) is 6.75. The van der Waals surface area contributed by atoms with E-state index in [0.29, 0.717) is 0 Å². The number of nitrogens with zero attached hydrogens (tertiary/aromatic N) is 1. The van der Waals surface area contributed by atoms with Gasteiger partial charge in [0.15, 0.2) is 0 Å². The Hall–Kier alpha value is -0.230. The summed E-state index contributed by atoms with van der Waals surface area (Å²) in [5.41, 5.74) is 1.32. The zero-order chi connectivity index (χ0) is 14.8. The quantitative estimate of drug-likeness (QED) is 0.707. The average Bonchev–Trinajstić information content (AvgIpc) is 2.95. The lowest BCUT2D eigenvalue weighted by atomic mass is 9.91. The van der Waals surface area contributed by atoms with Gasteiger partial charge in [0.25, 0.3) is 0 Å². The van der Waals surface area contributed by atoms with Gasteiger partial charge in [0.2, 0.25) is 0 Å². The van der Waals surface area contributed by atoms with E-state index in [1.165, 1.54) is 15.4 Å². The lowest BCUT2D eigenvalue weighted by Crippen LogP contribution is -2.19. The predicted molar refractivity (Wildman–Crippen MR) is 93.8 cm³/mol. The number of thiophene rings is 1. The number of nitrogens with one attached hydrogen (secondary N) is 1. The highest BCUT2D eigenvalue weighted by Gasteiger charge is 2.23. The summed E-state index contributed by atoms with van der Waals surface area (Å²) in [6, 6.07) is 2.15. The Kier molecular flexibility index (Phi) is 5.40. The Balaban J connectivity index is 2.31. The Labute approximate surface area is 137 Å². The van der Waals surface area contributed by atoms with Gasteiger partial charge in [-0.2, -0.15) is 0 Å². The van der Waals surface area contributed by atoms with Crippen LogP contribution in [0.15, 0.2) is 15.9 Å². The highest BCUT2D eigenvalue weighted by molar-refractivity contribution is 9.10. The van der Waals surface area contributed by atoms with Crippen LogP contribution in [-0.4, -0.2) is 11.5 Å². The van der Waals surface area contributed by atoms with Gasteiger partial charge in [-0.3, -0.25) is 0 Å². The number of hydrogen-bond acceptors (Lipinski definition) is 4. The first-order chi connectivity index (χ1) is 9.41. The molecule has 0 amide bonds. The van der Waals surface area contributed by atoms with Crippen LogP contribution in [0.2, 0.25) is 0 Å². The van der Waals surface area contributed by atoms with E-state index in [-0.39, 0.29) is 5.41 Å². The predicted octanol–water partition coefficient (Wildman–Crippen LogP) is 5.43. The minimum absolute atomic E-state index is 0.0898. The third-order valence-electron chi connectivity index (χ3n) is 2.90. The fourth-order valence-electron chi connectivity index (χ4n) is 1.97. The molecule has 0 spiro atoms. The maximum absolute atomic E-state index is 4.91. The smallest absolute Gasteiger partial charge is 0.134 e. The molecule has 0 atom stereocenters. The van der Waals surface area contributed by atoms with Crippen LogP contribution in [0, 0.1) is 0 Å². The molecule has 0 radical (unpaired) electrons. The molecule has 0 saturated carbocycles. The Morgan fingerprint density at radius 3 is 2.65 bits per heavy atom. The van der Waals surface area contributed by atoms with E-state index in [0.717, 1.165) is 29.0 Å². The molecule has 0 saturated heterocycles. The molecular formula is C15H21BrN2S2. The third-order valence-corrected chi connectivity index (χ3v) is 5.81. The number of halogens is 1. The van der Waals surface area contributed by atoms with Gasteiger partial charge in [0.1, 0.15) is 5.01 Å². The summed E-state index contributed by atoms with van der Waals surface area (Å²) < 4.78 is 1.13. The molecule has 20 heavy (non-hydrogen) atoms. The molecule has 2 nitrogen and oxygen atoms in total. The summed E-state index contributed by atoms with van der Waals surface area (Å²) in [5.74, 6) is 0. The summed E-state index contributed by atoms with van der Waals surface area (Å²) in [4.78, 5) is 7.52. The van der Waals surface area contributed by atoms with E-state index in [2.05, 4.69) is 60.4 Å². The van der Waals surface area contributed by atoms with E-state index in [1.807, 2.05) is 11.3 Å². The van der Waals surface area contributed by atoms with Gasteiger partial charge in [-0.1, -0.05) is 27.7 Å². The number of aromatic nitrogens is 1. The molecule has 0 bridgehead atoms. The first-order valence-corrected chi connectivity index (χ1v) is 9.36. The second-order valence-corrected chi connectivity index (χ2v) is 8.76. The van der Waals surface area contributed by atoms with Gasteiger partial charge in [0.05, 0.1) is 10.6 Å². The minimum atomic E-state index is 0.0898. The van der Waals surface area contributed by atoms with Gasteiger partial charge in [-0.15, -0.1) is 22.7 Å². The fraction of sp³-hybridized carbons (Fsp3) is 0.533. The molecule has 0 fully saturated rings. The van der Waals surface area contributed by atoms with Crippen LogP contribution in [0.3, 0.4) is 0 Å². The third kappa shape index (κ3) is 3.91. The number of hydrogen-bond donors (Lipinski definition) is 1. The first-order valence-electron chi connectivity index (χ1n) is 6.87. The second-order valence-electron chi connectivity index (χ2n) is 5.85. The fourth-order valence-corrected chi connectivity index (χ4v) is 4.70. The van der Waals surface area contributed by atoms with Gasteiger partial charge >= 0.3 is 0 Å². The van der Waals surface area contributed by atoms with Crippen molar-refractivity contribution in [3.63, 3.8) is 0 Å². The van der Waals surface area contributed by atoms with Crippen molar-refractivity contribution in [1.29, 1.82) is 0 Å². The Bertz CT molecular complexity index is 567. The normalized spacial score (nSPS) is 12.1. The van der Waals surface area contributed by atoms with E-state index in [4.69, 9.17) is 4.98 Å². The van der Waals surface area contributed by atoms with Crippen molar-refractivity contribution in [2.24, 2.45) is 0 Å². The molecule has 0 aliphatic carbocycles. The maximum Gasteiger partial charge on any atom is 0.134 e. The molecule has 2 aromatic rings. The molecule has 0 aliphatic heterocycles. The van der Waals surface area contributed by atoms with Crippen LogP contribution in [-0.2, 0) is 12.0 Å². The largest absolute Gasteiger partial charge is 0.312 e. The Morgan fingerprint density at radius 2 is 2.10 bits per heavy atom. The highest BCUT2D eigenvalue weighted by atomic mass is 79.9. The molecule has 2 heterocycles. The van der Waals surface area contributed by atoms with Crippen LogP contribution in [0.5, 0.6) is 0 Å². The summed E-state index contributed by atoms with van der Waals surface area (Å²) in [6.45, 7) is 10.9. The highest BCUT2D eigenvalue weighted by Crippen LogP contribution is 2.37. The van der Waals surface area contributed by atoms with Gasteiger partial charge in [-0.25, -0.2) is 4.98 Å². The molecule has 0 aliphatic rings. The number of thiazole rings is 1. The van der Waals surface area contributed by atoms with Gasteiger partial charge in [-0.05, 0) is 35.0 Å². The minimum Gasteiger partial charge on any atom is -0.312 e. The SMILES string of the molecule is CCCNCc1sc(-c2cc(Br)cs2)nc1C(C)(C)C. The van der Waals surface area contributed by atoms with Crippen molar-refractivity contribution in [3.8, 4) is 9.88 Å². The van der Waals surface area contributed by atoms with Gasteiger partial charge in [0, 0.05) is 26.7 Å². The van der Waals surface area contributed by atoms with Crippen LogP contribution in [0.25, 0.3) is 9.88 Å². The molecule has 2 aromatic heterocycles. The summed E-state index contributed by atoms with van der Waals surface area (Å²) in [6.07, 6.45) is 1.16. The average molecular weight is 373 g/mol. The molecular weight excluding hydrogens is 352 g/mol. The van der Waals surface area contributed by atoms with Crippen molar-refractivity contribution in [3.05, 3.63) is 26.5 Å². The molecule has 2 rings (SSSR count). The molecule has 5 heteroatoms. The van der Waals surface area contributed by atoms with Crippen molar-refractivity contribution >= 4 is 38.6 Å². The van der Waals surface area contributed by atoms with Crippen molar-refractivity contribution in [1.82, 2.24) is 10.3 Å². The lowest BCUT2D eigenvalue weighted by Gasteiger charge is -2.17. The molecule has 0 unspecified atom stereocenters. The molecule has 1 N–H and O–H groups in total. The first kappa shape index (κ1) is 16.1. The summed E-state index contributed by atoms with van der Waals surface area (Å²) in [7, 11) is 0. The zero-order valence-corrected chi connectivity index (χ0v) is 15.6. The monoisotopic (exact) mass is 372 g/mol. The van der Waals surface area contributed by atoms with Crippen molar-refractivity contribution < 1.29 is 0 Å². The lowest BCUT2D eigenvalue weighted by molar-refractivity contribution is 0.559. The maximum atomic E-state index is 4.91. The van der Waals surface area contributed by atoms with Crippen LogP contribution >= 0.6 is 38.6 Å². The van der Waals surface area contributed by atoms with Crippen LogP contribution < -0.4 is 5.32 Å². The van der Waals surface area contributed by atoms with E-state index in [1.54, 1.807) is 11.3 Å². The number of rotatable bonds is 5. The topological polar surface area (TPSA) is 24.9 Å². The van der Waals surface area contributed by atoms with Crippen molar-refractivity contribution in [2.45, 2.75) is 46.1 Å². The van der Waals surface area contributed by atoms with Crippen LogP contribution in [0.4, 0.5) is 0 Å². The van der Waals surface area contributed by atoms with E-state index < -0.39 is 0 Å². The second kappa shape index (κ2) is 6.69.